The number of ketones is 1. The lowest BCUT2D eigenvalue weighted by molar-refractivity contribution is -0.0210. The van der Waals surface area contributed by atoms with Crippen molar-refractivity contribution in [3.05, 3.63) is 58.1 Å². The molecule has 1 unspecified atom stereocenters. The molecule has 1 N–H and O–H groups in total. The minimum absolute atomic E-state index is 0.203. The molecule has 28 heavy (non-hydrogen) atoms. The third-order valence-corrected chi connectivity index (χ3v) is 4.78. The molecular formula is C22H24O6. The van der Waals surface area contributed by atoms with Crippen LogP contribution in [-0.4, -0.2) is 28.6 Å². The zero-order valence-corrected chi connectivity index (χ0v) is 16.7. The number of carbonyl (C=O) groups excluding carboxylic acids is 2. The van der Waals surface area contributed by atoms with Crippen LogP contribution in [0.15, 0.2) is 39.5 Å². The Hall–Kier alpha value is -2.86. The summed E-state index contributed by atoms with van der Waals surface area (Å²) in [6.45, 7) is 8.65. The molecule has 2 aromatic carbocycles. The first kappa shape index (κ1) is 19.9. The molecule has 6 nitrogen and oxygen atoms in total. The van der Waals surface area contributed by atoms with Crippen LogP contribution in [0.1, 0.15) is 64.6 Å². The van der Waals surface area contributed by atoms with Gasteiger partial charge in [-0.05, 0) is 58.4 Å². The zero-order chi connectivity index (χ0) is 20.6. The van der Waals surface area contributed by atoms with Gasteiger partial charge in [0.25, 0.3) is 0 Å². The van der Waals surface area contributed by atoms with E-state index in [4.69, 9.17) is 13.9 Å². The first-order valence-electron chi connectivity index (χ1n) is 9.14. The summed E-state index contributed by atoms with van der Waals surface area (Å²) >= 11 is 0. The van der Waals surface area contributed by atoms with Crippen molar-refractivity contribution in [3.63, 3.8) is 0 Å². The Morgan fingerprint density at radius 2 is 1.68 bits per heavy atom. The van der Waals surface area contributed by atoms with Crippen LogP contribution in [0, 0.1) is 13.8 Å². The van der Waals surface area contributed by atoms with Gasteiger partial charge in [0.2, 0.25) is 11.2 Å². The van der Waals surface area contributed by atoms with E-state index < -0.39 is 17.7 Å². The maximum absolute atomic E-state index is 13.1. The number of carbonyl (C=O) groups is 2. The van der Waals surface area contributed by atoms with Gasteiger partial charge in [-0.2, -0.15) is 0 Å². The van der Waals surface area contributed by atoms with Crippen LogP contribution in [0.3, 0.4) is 0 Å². The number of esters is 1. The van der Waals surface area contributed by atoms with Gasteiger partial charge in [-0.1, -0.05) is 12.1 Å². The predicted octanol–water partition coefficient (Wildman–Crippen LogP) is 4.58. The van der Waals surface area contributed by atoms with E-state index in [0.717, 1.165) is 0 Å². The highest BCUT2D eigenvalue weighted by atomic mass is 17.0. The smallest absolute Gasteiger partial charge is 0.338 e. The fourth-order valence-electron chi connectivity index (χ4n) is 3.44. The molecule has 3 aromatic rings. The molecule has 3 rings (SSSR count). The lowest BCUT2D eigenvalue weighted by Gasteiger charge is -2.27. The summed E-state index contributed by atoms with van der Waals surface area (Å²) in [6, 6.07) is 8.36. The van der Waals surface area contributed by atoms with Crippen molar-refractivity contribution in [1.82, 2.24) is 0 Å². The SMILES string of the molecule is Cc1c(C(=O)OC(C)(C)CC(C)O)cccc1C(=O)c1ccc2ooc2c1C. The van der Waals surface area contributed by atoms with Crippen LogP contribution in [0.4, 0.5) is 0 Å². The normalized spacial score (nSPS) is 12.9. The summed E-state index contributed by atoms with van der Waals surface area (Å²) in [5.41, 5.74) is 2.81. The summed E-state index contributed by atoms with van der Waals surface area (Å²) < 4.78 is 15.4. The molecule has 0 spiro atoms. The first-order valence-corrected chi connectivity index (χ1v) is 9.14. The van der Waals surface area contributed by atoms with E-state index in [1.807, 2.05) is 0 Å². The van der Waals surface area contributed by atoms with E-state index in [1.54, 1.807) is 65.0 Å². The Morgan fingerprint density at radius 3 is 2.29 bits per heavy atom. The number of aliphatic hydroxyl groups excluding tert-OH is 1. The Morgan fingerprint density at radius 1 is 1.04 bits per heavy atom. The maximum Gasteiger partial charge on any atom is 0.338 e. The van der Waals surface area contributed by atoms with Gasteiger partial charge >= 0.3 is 5.97 Å². The van der Waals surface area contributed by atoms with Gasteiger partial charge in [-0.15, -0.1) is 0 Å². The van der Waals surface area contributed by atoms with Crippen LogP contribution >= 0.6 is 0 Å². The molecule has 0 aliphatic heterocycles. The van der Waals surface area contributed by atoms with Gasteiger partial charge in [0, 0.05) is 23.1 Å². The van der Waals surface area contributed by atoms with Crippen molar-refractivity contribution in [3.8, 4) is 0 Å². The van der Waals surface area contributed by atoms with Gasteiger partial charge < -0.3 is 9.84 Å². The Labute approximate surface area is 163 Å². The lowest BCUT2D eigenvalue weighted by Crippen LogP contribution is -2.32. The van der Waals surface area contributed by atoms with E-state index in [9.17, 15) is 14.7 Å². The second-order valence-corrected chi connectivity index (χ2v) is 7.74. The molecule has 148 valence electrons. The van der Waals surface area contributed by atoms with Crippen molar-refractivity contribution >= 4 is 22.9 Å². The molecule has 1 heterocycles. The second kappa shape index (κ2) is 7.28. The van der Waals surface area contributed by atoms with Crippen molar-refractivity contribution in [1.29, 1.82) is 0 Å². The first-order chi connectivity index (χ1) is 13.1. The topological polar surface area (TPSA) is 89.9 Å². The van der Waals surface area contributed by atoms with Crippen LogP contribution in [0.5, 0.6) is 0 Å². The van der Waals surface area contributed by atoms with Gasteiger partial charge in [-0.3, -0.25) is 13.9 Å². The summed E-state index contributed by atoms with van der Waals surface area (Å²) in [4.78, 5) is 25.8. The lowest BCUT2D eigenvalue weighted by atomic mass is 9.93. The number of hydrogen-bond donors (Lipinski definition) is 1. The van der Waals surface area contributed by atoms with Crippen molar-refractivity contribution < 1.29 is 28.6 Å². The average Bonchev–Trinajstić information content (AvgIpc) is 2.54. The number of benzene rings is 2. The summed E-state index contributed by atoms with van der Waals surface area (Å²) in [5.74, 6) is -0.727. The molecule has 1 atom stereocenters. The molecule has 0 aliphatic carbocycles. The minimum Gasteiger partial charge on any atom is -0.456 e. The maximum atomic E-state index is 13.1. The van der Waals surface area contributed by atoms with Crippen LogP contribution in [-0.2, 0) is 4.74 Å². The highest BCUT2D eigenvalue weighted by Gasteiger charge is 2.28. The van der Waals surface area contributed by atoms with Gasteiger partial charge in [0.05, 0.1) is 11.7 Å². The Kier molecular flexibility index (Phi) is 5.17. The number of hydrogen-bond acceptors (Lipinski definition) is 6. The molecule has 0 amide bonds. The molecule has 1 aromatic heterocycles. The fraction of sp³-hybridized carbons (Fsp3) is 0.364. The quantitative estimate of drug-likeness (QED) is 0.380. The third kappa shape index (κ3) is 3.73. The molecule has 0 saturated heterocycles. The monoisotopic (exact) mass is 384 g/mol. The molecule has 0 saturated carbocycles. The molecule has 0 radical (unpaired) electrons. The predicted molar refractivity (Wildman–Crippen MR) is 104 cm³/mol. The standard InChI is InChI=1S/C22H24O6/c1-12(23)11-22(4,5)26-21(25)17-8-6-7-15(13(17)2)19(24)16-9-10-18-20(14(16)3)28-27-18/h6-10,12,23H,11H2,1-5H3. The number of ether oxygens (including phenoxy) is 1. The third-order valence-electron chi connectivity index (χ3n) is 4.78. The van der Waals surface area contributed by atoms with Crippen LogP contribution in [0.2, 0.25) is 0 Å². The van der Waals surface area contributed by atoms with E-state index in [1.165, 1.54) is 0 Å². The van der Waals surface area contributed by atoms with Gasteiger partial charge in [-0.25, -0.2) is 4.79 Å². The molecule has 6 heteroatoms. The largest absolute Gasteiger partial charge is 0.456 e. The van der Waals surface area contributed by atoms with E-state index in [2.05, 4.69) is 0 Å². The van der Waals surface area contributed by atoms with Crippen molar-refractivity contribution in [2.24, 2.45) is 0 Å². The zero-order valence-electron chi connectivity index (χ0n) is 16.7. The molecule has 0 aliphatic rings. The van der Waals surface area contributed by atoms with E-state index in [0.29, 0.717) is 45.4 Å². The van der Waals surface area contributed by atoms with Gasteiger partial charge in [0.1, 0.15) is 5.60 Å². The fourth-order valence-corrected chi connectivity index (χ4v) is 3.44. The van der Waals surface area contributed by atoms with Crippen molar-refractivity contribution in [2.45, 2.75) is 52.7 Å². The van der Waals surface area contributed by atoms with Crippen LogP contribution < -0.4 is 0 Å². The number of fused-ring (bicyclic) bond motifs is 1. The highest BCUT2D eigenvalue weighted by molar-refractivity contribution is 6.13. The Bertz CT molecular complexity index is 1030. The van der Waals surface area contributed by atoms with E-state index in [-0.39, 0.29) is 5.78 Å². The van der Waals surface area contributed by atoms with Crippen molar-refractivity contribution in [2.75, 3.05) is 0 Å². The number of aliphatic hydroxyl groups is 1. The summed E-state index contributed by atoms with van der Waals surface area (Å²) in [5, 5.41) is 9.59. The molecule has 0 bridgehead atoms. The van der Waals surface area contributed by atoms with E-state index >= 15 is 0 Å². The summed E-state index contributed by atoms with van der Waals surface area (Å²) in [7, 11) is 0. The highest BCUT2D eigenvalue weighted by Crippen LogP contribution is 2.28. The number of aryl methyl sites for hydroxylation is 1. The van der Waals surface area contributed by atoms with Crippen LogP contribution in [0.25, 0.3) is 11.2 Å². The molecular weight excluding hydrogens is 360 g/mol. The molecule has 0 fully saturated rings. The minimum atomic E-state index is -0.826. The van der Waals surface area contributed by atoms with Gasteiger partial charge in [0.15, 0.2) is 5.78 Å². The average molecular weight is 384 g/mol. The second-order valence-electron chi connectivity index (χ2n) is 7.74. The summed E-state index contributed by atoms with van der Waals surface area (Å²) in [6.07, 6.45) is -0.283. The number of rotatable bonds is 6. The Balaban J connectivity index is 1.92.